The third kappa shape index (κ3) is 2.01. The van der Waals surface area contributed by atoms with Gasteiger partial charge in [-0.05, 0) is 54.7 Å². The molecule has 0 aromatic heterocycles. The highest BCUT2D eigenvalue weighted by Gasteiger charge is 2.20. The summed E-state index contributed by atoms with van der Waals surface area (Å²) >= 11 is 0. The normalized spacial score (nSPS) is 11.9. The lowest BCUT2D eigenvalue weighted by atomic mass is 10.0. The Balaban J connectivity index is 2.01. The molecule has 0 unspecified atom stereocenters. The van der Waals surface area contributed by atoms with Crippen LogP contribution in [0.1, 0.15) is 35.3 Å². The number of nitrogens with zero attached hydrogens (tertiary/aromatic N) is 1. The van der Waals surface area contributed by atoms with Crippen molar-refractivity contribution in [3.63, 3.8) is 0 Å². The number of amides is 1. The van der Waals surface area contributed by atoms with E-state index in [1.165, 1.54) is 22.3 Å². The monoisotopic (exact) mass is 265 g/mol. The van der Waals surface area contributed by atoms with Gasteiger partial charge < -0.3 is 4.90 Å². The number of rotatable bonds is 3. The van der Waals surface area contributed by atoms with Crippen LogP contribution >= 0.6 is 0 Å². The zero-order valence-electron chi connectivity index (χ0n) is 12.0. The Morgan fingerprint density at radius 1 is 1.00 bits per heavy atom. The Hall–Kier alpha value is -2.09. The molecular formula is C18H19NO. The number of hydrogen-bond acceptors (Lipinski definition) is 1. The SMILES string of the molecule is CCN(CC)C(=O)c1ccc2c(c1)-c1ccccc1C2. The highest BCUT2D eigenvalue weighted by Crippen LogP contribution is 2.36. The molecule has 0 spiro atoms. The van der Waals surface area contributed by atoms with Crippen LogP contribution in [0.2, 0.25) is 0 Å². The largest absolute Gasteiger partial charge is 0.339 e. The second kappa shape index (κ2) is 5.12. The van der Waals surface area contributed by atoms with Gasteiger partial charge in [-0.1, -0.05) is 30.3 Å². The quantitative estimate of drug-likeness (QED) is 0.706. The third-order valence-electron chi connectivity index (χ3n) is 4.10. The standard InChI is InChI=1S/C18H19NO/c1-3-19(4-2)18(20)15-10-9-14-11-13-7-5-6-8-16(13)17(14)12-15/h5-10,12H,3-4,11H2,1-2H3. The van der Waals surface area contributed by atoms with Crippen molar-refractivity contribution >= 4 is 5.91 Å². The molecule has 0 bridgehead atoms. The highest BCUT2D eigenvalue weighted by molar-refractivity contribution is 5.96. The Bertz CT molecular complexity index is 656. The molecule has 2 nitrogen and oxygen atoms in total. The summed E-state index contributed by atoms with van der Waals surface area (Å²) in [6, 6.07) is 14.6. The van der Waals surface area contributed by atoms with Crippen molar-refractivity contribution in [2.45, 2.75) is 20.3 Å². The molecule has 3 rings (SSSR count). The molecule has 1 aliphatic rings. The Kier molecular flexibility index (Phi) is 3.31. The predicted octanol–water partition coefficient (Wildman–Crippen LogP) is 3.74. The van der Waals surface area contributed by atoms with Gasteiger partial charge in [-0.15, -0.1) is 0 Å². The number of carbonyl (C=O) groups is 1. The van der Waals surface area contributed by atoms with E-state index in [1.54, 1.807) is 0 Å². The molecule has 1 aliphatic carbocycles. The van der Waals surface area contributed by atoms with E-state index in [9.17, 15) is 4.79 Å². The molecule has 2 aromatic carbocycles. The maximum Gasteiger partial charge on any atom is 0.253 e. The molecule has 0 aliphatic heterocycles. The topological polar surface area (TPSA) is 20.3 Å². The minimum absolute atomic E-state index is 0.127. The van der Waals surface area contributed by atoms with Crippen LogP contribution < -0.4 is 0 Å². The first-order valence-electron chi connectivity index (χ1n) is 7.25. The van der Waals surface area contributed by atoms with Crippen molar-refractivity contribution in [2.75, 3.05) is 13.1 Å². The van der Waals surface area contributed by atoms with E-state index >= 15 is 0 Å². The van der Waals surface area contributed by atoms with Crippen molar-refractivity contribution < 1.29 is 4.79 Å². The molecule has 0 heterocycles. The fourth-order valence-corrected chi connectivity index (χ4v) is 2.95. The summed E-state index contributed by atoms with van der Waals surface area (Å²) < 4.78 is 0. The summed E-state index contributed by atoms with van der Waals surface area (Å²) in [7, 11) is 0. The molecule has 0 atom stereocenters. The number of benzene rings is 2. The van der Waals surface area contributed by atoms with Gasteiger partial charge in [0.15, 0.2) is 0 Å². The second-order valence-electron chi connectivity index (χ2n) is 5.18. The summed E-state index contributed by atoms with van der Waals surface area (Å²) in [6.45, 7) is 5.54. The minimum Gasteiger partial charge on any atom is -0.339 e. The van der Waals surface area contributed by atoms with Crippen molar-refractivity contribution in [1.29, 1.82) is 0 Å². The van der Waals surface area contributed by atoms with E-state index in [-0.39, 0.29) is 5.91 Å². The summed E-state index contributed by atoms with van der Waals surface area (Å²) in [5, 5.41) is 0. The van der Waals surface area contributed by atoms with Crippen molar-refractivity contribution in [3.05, 3.63) is 59.2 Å². The zero-order valence-corrected chi connectivity index (χ0v) is 12.0. The molecule has 20 heavy (non-hydrogen) atoms. The first kappa shape index (κ1) is 12.9. The van der Waals surface area contributed by atoms with Crippen LogP contribution in [0.4, 0.5) is 0 Å². The lowest BCUT2D eigenvalue weighted by Crippen LogP contribution is -2.30. The summed E-state index contributed by atoms with van der Waals surface area (Å²) in [5.74, 6) is 0.127. The van der Waals surface area contributed by atoms with Crippen LogP contribution in [-0.4, -0.2) is 23.9 Å². The molecule has 2 heteroatoms. The Morgan fingerprint density at radius 2 is 1.70 bits per heavy atom. The van der Waals surface area contributed by atoms with Crippen molar-refractivity contribution in [2.24, 2.45) is 0 Å². The van der Waals surface area contributed by atoms with Gasteiger partial charge in [0.2, 0.25) is 0 Å². The van der Waals surface area contributed by atoms with Crippen LogP contribution in [0.5, 0.6) is 0 Å². The van der Waals surface area contributed by atoms with Crippen LogP contribution in [0.15, 0.2) is 42.5 Å². The van der Waals surface area contributed by atoms with E-state index in [1.807, 2.05) is 24.8 Å². The van der Waals surface area contributed by atoms with E-state index in [0.29, 0.717) is 0 Å². The summed E-state index contributed by atoms with van der Waals surface area (Å²) in [6.07, 6.45) is 0.977. The molecular weight excluding hydrogens is 246 g/mol. The van der Waals surface area contributed by atoms with E-state index in [0.717, 1.165) is 25.1 Å². The van der Waals surface area contributed by atoms with E-state index < -0.39 is 0 Å². The molecule has 1 amide bonds. The van der Waals surface area contributed by atoms with Crippen molar-refractivity contribution in [3.8, 4) is 11.1 Å². The maximum atomic E-state index is 12.4. The number of hydrogen-bond donors (Lipinski definition) is 0. The lowest BCUT2D eigenvalue weighted by Gasteiger charge is -2.19. The molecule has 0 saturated carbocycles. The van der Waals surface area contributed by atoms with Gasteiger partial charge in [-0.2, -0.15) is 0 Å². The Morgan fingerprint density at radius 3 is 2.45 bits per heavy atom. The van der Waals surface area contributed by atoms with Gasteiger partial charge in [-0.25, -0.2) is 0 Å². The van der Waals surface area contributed by atoms with Gasteiger partial charge in [-0.3, -0.25) is 4.79 Å². The fraction of sp³-hybridized carbons (Fsp3) is 0.278. The third-order valence-corrected chi connectivity index (χ3v) is 4.10. The molecule has 102 valence electrons. The van der Waals surface area contributed by atoms with E-state index in [4.69, 9.17) is 0 Å². The van der Waals surface area contributed by atoms with Crippen LogP contribution in [0.25, 0.3) is 11.1 Å². The first-order valence-corrected chi connectivity index (χ1v) is 7.25. The molecule has 0 saturated heterocycles. The molecule has 0 fully saturated rings. The predicted molar refractivity (Wildman–Crippen MR) is 81.9 cm³/mol. The highest BCUT2D eigenvalue weighted by atomic mass is 16.2. The van der Waals surface area contributed by atoms with Crippen LogP contribution in [0, 0.1) is 0 Å². The van der Waals surface area contributed by atoms with Crippen molar-refractivity contribution in [1.82, 2.24) is 4.90 Å². The van der Waals surface area contributed by atoms with Gasteiger partial charge in [0, 0.05) is 18.7 Å². The smallest absolute Gasteiger partial charge is 0.253 e. The average molecular weight is 265 g/mol. The van der Waals surface area contributed by atoms with Crippen LogP contribution in [0.3, 0.4) is 0 Å². The van der Waals surface area contributed by atoms with Gasteiger partial charge in [0.25, 0.3) is 5.91 Å². The maximum absolute atomic E-state index is 12.4. The van der Waals surface area contributed by atoms with E-state index in [2.05, 4.69) is 36.4 Å². The molecule has 0 N–H and O–H groups in total. The average Bonchev–Trinajstić information content (AvgIpc) is 2.86. The molecule has 2 aromatic rings. The van der Waals surface area contributed by atoms with Gasteiger partial charge in [0.1, 0.15) is 0 Å². The number of carbonyl (C=O) groups excluding carboxylic acids is 1. The Labute approximate surface area is 120 Å². The minimum atomic E-state index is 0.127. The summed E-state index contributed by atoms with van der Waals surface area (Å²) in [4.78, 5) is 14.3. The van der Waals surface area contributed by atoms with Gasteiger partial charge >= 0.3 is 0 Å². The fourth-order valence-electron chi connectivity index (χ4n) is 2.95. The lowest BCUT2D eigenvalue weighted by molar-refractivity contribution is 0.0773. The summed E-state index contributed by atoms with van der Waals surface area (Å²) in [5.41, 5.74) is 5.97. The van der Waals surface area contributed by atoms with Crippen LogP contribution in [-0.2, 0) is 6.42 Å². The van der Waals surface area contributed by atoms with Gasteiger partial charge in [0.05, 0.1) is 0 Å². The molecule has 0 radical (unpaired) electrons. The zero-order chi connectivity index (χ0) is 14.1. The second-order valence-corrected chi connectivity index (χ2v) is 5.18. The first-order chi connectivity index (χ1) is 9.74. The number of fused-ring (bicyclic) bond motifs is 3.